The summed E-state index contributed by atoms with van der Waals surface area (Å²) in [6.07, 6.45) is -0.142. The number of hydrogen-bond acceptors (Lipinski definition) is 5. The van der Waals surface area contributed by atoms with Crippen molar-refractivity contribution >= 4 is 26.4 Å². The second-order valence-electron chi connectivity index (χ2n) is 4.13. The average Bonchev–Trinajstić information content (AvgIpc) is 2.26. The third-order valence-electron chi connectivity index (χ3n) is 2.22. The number of carboxylic acid groups (broad SMARTS) is 1. The molecule has 1 atom stereocenters. The lowest BCUT2D eigenvalue weighted by atomic mass is 10.1. The van der Waals surface area contributed by atoms with Gasteiger partial charge in [-0.3, -0.25) is 4.79 Å². The van der Waals surface area contributed by atoms with E-state index in [-0.39, 0.29) is 16.0 Å². The maximum Gasteiger partial charge on any atom is 0.323 e. The van der Waals surface area contributed by atoms with Crippen LogP contribution < -0.4 is 9.44 Å². The predicted octanol–water partition coefficient (Wildman–Crippen LogP) is -1.28. The maximum atomic E-state index is 11.8. The lowest BCUT2D eigenvalue weighted by Crippen LogP contribution is -2.55. The van der Waals surface area contributed by atoms with Crippen molar-refractivity contribution in [2.45, 2.75) is 26.3 Å². The van der Waals surface area contributed by atoms with Crippen molar-refractivity contribution in [3.63, 3.8) is 0 Å². The molecule has 0 spiro atoms. The van der Waals surface area contributed by atoms with E-state index in [2.05, 4.69) is 0 Å². The molecule has 0 saturated heterocycles. The van der Waals surface area contributed by atoms with Gasteiger partial charge in [0.15, 0.2) is 0 Å². The van der Waals surface area contributed by atoms with Gasteiger partial charge >= 0.3 is 5.97 Å². The zero-order valence-electron chi connectivity index (χ0n) is 11.1. The number of nitrogens with one attached hydrogen (secondary N) is 2. The SMILES string of the molecule is CNS(=O)(=O)N([C@H](CC(C)C)C(=O)O)S(=O)(=O)NC. The molecule has 0 aromatic heterocycles. The number of carbonyl (C=O) groups is 1. The molecule has 0 heterocycles. The van der Waals surface area contributed by atoms with Gasteiger partial charge in [-0.25, -0.2) is 9.44 Å². The summed E-state index contributed by atoms with van der Waals surface area (Å²) < 4.78 is 50.6. The van der Waals surface area contributed by atoms with Crippen LogP contribution in [0.4, 0.5) is 0 Å². The van der Waals surface area contributed by atoms with Gasteiger partial charge in [-0.1, -0.05) is 17.6 Å². The monoisotopic (exact) mass is 317 g/mol. The van der Waals surface area contributed by atoms with Crippen molar-refractivity contribution < 1.29 is 26.7 Å². The number of aliphatic carboxylic acids is 1. The van der Waals surface area contributed by atoms with E-state index in [9.17, 15) is 21.6 Å². The highest BCUT2D eigenvalue weighted by molar-refractivity contribution is 8.02. The fourth-order valence-electron chi connectivity index (χ4n) is 1.37. The first-order valence-corrected chi connectivity index (χ1v) is 8.27. The van der Waals surface area contributed by atoms with Crippen molar-refractivity contribution in [2.24, 2.45) is 5.92 Å². The first kappa shape index (κ1) is 18.2. The third-order valence-corrected chi connectivity index (χ3v) is 5.89. The summed E-state index contributed by atoms with van der Waals surface area (Å²) in [5.41, 5.74) is 0. The molecular weight excluding hydrogens is 298 g/mol. The van der Waals surface area contributed by atoms with Gasteiger partial charge in [-0.2, -0.15) is 16.8 Å². The lowest BCUT2D eigenvalue weighted by molar-refractivity contribution is -0.140. The van der Waals surface area contributed by atoms with Gasteiger partial charge in [0, 0.05) is 14.1 Å². The topological polar surface area (TPSA) is 133 Å². The van der Waals surface area contributed by atoms with Gasteiger partial charge < -0.3 is 5.11 Å². The Morgan fingerprint density at radius 3 is 1.68 bits per heavy atom. The van der Waals surface area contributed by atoms with Gasteiger partial charge in [0.05, 0.1) is 0 Å². The summed E-state index contributed by atoms with van der Waals surface area (Å²) in [6, 6.07) is -1.71. The molecule has 0 radical (unpaired) electrons. The summed E-state index contributed by atoms with van der Waals surface area (Å²) in [6.45, 7) is 3.32. The smallest absolute Gasteiger partial charge is 0.323 e. The highest BCUT2D eigenvalue weighted by Crippen LogP contribution is 2.18. The molecule has 0 aromatic rings. The standard InChI is InChI=1S/C8H19N3O6S2/c1-6(2)5-7(8(12)13)11(18(14,15)9-3)19(16,17)10-4/h6-7,9-10H,5H2,1-4H3,(H,12,13)/t7-/m1/s1. The summed E-state index contributed by atoms with van der Waals surface area (Å²) in [5.74, 6) is -1.74. The van der Waals surface area contributed by atoms with E-state index in [0.717, 1.165) is 14.1 Å². The summed E-state index contributed by atoms with van der Waals surface area (Å²) in [5, 5.41) is 9.08. The van der Waals surface area contributed by atoms with Crippen LogP contribution in [0.3, 0.4) is 0 Å². The molecule has 3 N–H and O–H groups in total. The number of rotatable bonds is 8. The Bertz CT molecular complexity index is 479. The maximum absolute atomic E-state index is 11.8. The number of nitrogens with zero attached hydrogens (tertiary/aromatic N) is 1. The molecule has 114 valence electrons. The zero-order chi connectivity index (χ0) is 15.4. The molecule has 0 rings (SSSR count). The molecule has 0 aliphatic rings. The molecule has 11 heteroatoms. The summed E-state index contributed by atoms with van der Waals surface area (Å²) >= 11 is 0. The van der Waals surface area contributed by atoms with Crippen LogP contribution in [0.15, 0.2) is 0 Å². The van der Waals surface area contributed by atoms with Gasteiger partial charge in [-0.15, -0.1) is 0 Å². The van der Waals surface area contributed by atoms with Crippen LogP contribution in [0.5, 0.6) is 0 Å². The van der Waals surface area contributed by atoms with Crippen LogP contribution in [-0.2, 0) is 25.2 Å². The Hall–Kier alpha value is -0.750. The van der Waals surface area contributed by atoms with Crippen molar-refractivity contribution in [3.05, 3.63) is 0 Å². The van der Waals surface area contributed by atoms with E-state index < -0.39 is 32.4 Å². The van der Waals surface area contributed by atoms with E-state index in [1.165, 1.54) is 0 Å². The fourth-order valence-corrected chi connectivity index (χ4v) is 4.23. The molecule has 0 aliphatic heterocycles. The zero-order valence-corrected chi connectivity index (χ0v) is 12.7. The molecule has 0 aromatic carbocycles. The Balaban J connectivity index is 5.90. The van der Waals surface area contributed by atoms with Gasteiger partial charge in [0.1, 0.15) is 6.04 Å². The highest BCUT2D eigenvalue weighted by atomic mass is 32.3. The minimum Gasteiger partial charge on any atom is -0.480 e. The molecule has 0 saturated carbocycles. The molecule has 0 fully saturated rings. The van der Waals surface area contributed by atoms with Crippen LogP contribution in [0, 0.1) is 5.92 Å². The minimum absolute atomic E-state index is 0.0532. The highest BCUT2D eigenvalue weighted by Gasteiger charge is 2.43. The summed E-state index contributed by atoms with van der Waals surface area (Å²) in [7, 11) is -6.93. The van der Waals surface area contributed by atoms with Crippen LogP contribution in [0.25, 0.3) is 0 Å². The second-order valence-corrected chi connectivity index (χ2v) is 7.86. The van der Waals surface area contributed by atoms with Gasteiger partial charge in [-0.05, 0) is 12.3 Å². The third kappa shape index (κ3) is 4.69. The first-order chi connectivity index (χ1) is 8.49. The van der Waals surface area contributed by atoms with Crippen LogP contribution in [0.2, 0.25) is 0 Å². The first-order valence-electron chi connectivity index (χ1n) is 5.39. The molecule has 0 unspecified atom stereocenters. The van der Waals surface area contributed by atoms with Crippen molar-refractivity contribution in [3.8, 4) is 0 Å². The van der Waals surface area contributed by atoms with Gasteiger partial charge in [0.25, 0.3) is 20.4 Å². The Kier molecular flexibility index (Phi) is 6.35. The molecule has 0 bridgehead atoms. The van der Waals surface area contributed by atoms with Crippen molar-refractivity contribution in [1.82, 2.24) is 13.2 Å². The van der Waals surface area contributed by atoms with E-state index >= 15 is 0 Å². The molecule has 0 amide bonds. The lowest BCUT2D eigenvalue weighted by Gasteiger charge is -2.27. The van der Waals surface area contributed by atoms with Crippen LogP contribution in [-0.4, -0.2) is 51.8 Å². The van der Waals surface area contributed by atoms with Crippen molar-refractivity contribution in [2.75, 3.05) is 14.1 Å². The Morgan fingerprint density at radius 2 is 1.47 bits per heavy atom. The normalized spacial score (nSPS) is 14.8. The van der Waals surface area contributed by atoms with Gasteiger partial charge in [0.2, 0.25) is 0 Å². The molecule has 19 heavy (non-hydrogen) atoms. The van der Waals surface area contributed by atoms with Crippen LogP contribution >= 0.6 is 0 Å². The molecule has 0 aliphatic carbocycles. The predicted molar refractivity (Wildman–Crippen MR) is 68.7 cm³/mol. The van der Waals surface area contributed by atoms with Crippen LogP contribution in [0.1, 0.15) is 20.3 Å². The Morgan fingerprint density at radius 1 is 1.11 bits per heavy atom. The fraction of sp³-hybridized carbons (Fsp3) is 0.875. The van der Waals surface area contributed by atoms with E-state index in [0.29, 0.717) is 0 Å². The molecule has 9 nitrogen and oxygen atoms in total. The van der Waals surface area contributed by atoms with Crippen molar-refractivity contribution in [1.29, 1.82) is 0 Å². The summed E-state index contributed by atoms with van der Waals surface area (Å²) in [4.78, 5) is 11.2. The van der Waals surface area contributed by atoms with E-state index in [1.807, 2.05) is 0 Å². The van der Waals surface area contributed by atoms with E-state index in [4.69, 9.17) is 5.11 Å². The average molecular weight is 317 g/mol. The Labute approximate surface area is 113 Å². The minimum atomic E-state index is -4.47. The largest absolute Gasteiger partial charge is 0.480 e. The number of hydrogen-bond donors (Lipinski definition) is 3. The quantitative estimate of drug-likeness (QED) is 0.510. The second kappa shape index (κ2) is 6.61. The van der Waals surface area contributed by atoms with E-state index in [1.54, 1.807) is 23.3 Å². The number of carboxylic acids is 1. The molecular formula is C8H19N3O6S2.